The number of aryl methyl sites for hydroxylation is 1. The van der Waals surface area contributed by atoms with Gasteiger partial charge in [-0.1, -0.05) is 6.58 Å². The van der Waals surface area contributed by atoms with Gasteiger partial charge in [0.05, 0.1) is 5.69 Å². The molecule has 0 unspecified atom stereocenters. The largest absolute Gasteiger partial charge is 0.435 e. The molecule has 146 valence electrons. The van der Waals surface area contributed by atoms with Crippen molar-refractivity contribution in [2.45, 2.75) is 6.18 Å². The first-order chi connectivity index (χ1) is 13.1. The van der Waals surface area contributed by atoms with Gasteiger partial charge >= 0.3 is 6.18 Å². The molecule has 0 atom stereocenters. The van der Waals surface area contributed by atoms with Gasteiger partial charge in [-0.2, -0.15) is 18.3 Å². The fourth-order valence-corrected chi connectivity index (χ4v) is 2.63. The van der Waals surface area contributed by atoms with E-state index < -0.39 is 29.3 Å². The van der Waals surface area contributed by atoms with Gasteiger partial charge in [-0.3, -0.25) is 4.68 Å². The topological polar surface area (TPSA) is 29.9 Å². The van der Waals surface area contributed by atoms with Crippen molar-refractivity contribution in [3.05, 3.63) is 77.8 Å². The lowest BCUT2D eigenvalue weighted by Crippen LogP contribution is -2.06. The van der Waals surface area contributed by atoms with Crippen LogP contribution in [0.15, 0.2) is 49.0 Å². The number of hydrogen-bond acceptors (Lipinski definition) is 2. The summed E-state index contributed by atoms with van der Waals surface area (Å²) in [5.41, 5.74) is -1.04. The van der Waals surface area contributed by atoms with E-state index in [9.17, 15) is 26.3 Å². The Morgan fingerprint density at radius 3 is 2.29 bits per heavy atom. The average molecular weight is 397 g/mol. The molecule has 0 bridgehead atoms. The molecule has 3 rings (SSSR count). The van der Waals surface area contributed by atoms with Crippen molar-refractivity contribution in [3.63, 3.8) is 0 Å². The van der Waals surface area contributed by atoms with Crippen molar-refractivity contribution in [2.24, 2.45) is 7.05 Å². The van der Waals surface area contributed by atoms with Crippen LogP contribution in [0.3, 0.4) is 0 Å². The minimum atomic E-state index is -4.65. The molecule has 0 fully saturated rings. The zero-order valence-corrected chi connectivity index (χ0v) is 14.4. The molecule has 9 heteroatoms. The number of hydrogen-bond donors (Lipinski definition) is 1. The van der Waals surface area contributed by atoms with Gasteiger partial charge in [0.15, 0.2) is 5.69 Å². The summed E-state index contributed by atoms with van der Waals surface area (Å²) in [7, 11) is 1.27. The fourth-order valence-electron chi connectivity index (χ4n) is 2.63. The summed E-state index contributed by atoms with van der Waals surface area (Å²) in [6, 6.07) is 7.36. The minimum Gasteiger partial charge on any atom is -0.355 e. The smallest absolute Gasteiger partial charge is 0.355 e. The van der Waals surface area contributed by atoms with Crippen molar-refractivity contribution < 1.29 is 26.3 Å². The first-order valence-corrected chi connectivity index (χ1v) is 7.89. The van der Waals surface area contributed by atoms with E-state index in [2.05, 4.69) is 17.0 Å². The van der Waals surface area contributed by atoms with Crippen LogP contribution in [-0.2, 0) is 13.2 Å². The Morgan fingerprint density at radius 2 is 1.71 bits per heavy atom. The van der Waals surface area contributed by atoms with E-state index in [1.165, 1.54) is 25.2 Å². The maximum Gasteiger partial charge on any atom is 0.435 e. The van der Waals surface area contributed by atoms with Crippen molar-refractivity contribution in [1.29, 1.82) is 0 Å². The number of benzene rings is 2. The summed E-state index contributed by atoms with van der Waals surface area (Å²) in [6.45, 7) is 3.63. The van der Waals surface area contributed by atoms with Gasteiger partial charge in [-0.25, -0.2) is 13.2 Å². The van der Waals surface area contributed by atoms with Crippen LogP contribution in [0.1, 0.15) is 11.3 Å². The van der Waals surface area contributed by atoms with E-state index in [1.54, 1.807) is 0 Å². The number of aromatic nitrogens is 2. The van der Waals surface area contributed by atoms with Gasteiger partial charge in [0, 0.05) is 35.6 Å². The lowest BCUT2D eigenvalue weighted by molar-refractivity contribution is -0.141. The highest BCUT2D eigenvalue weighted by Crippen LogP contribution is 2.33. The molecule has 1 N–H and O–H groups in total. The van der Waals surface area contributed by atoms with Crippen LogP contribution in [0.4, 0.5) is 32.0 Å². The van der Waals surface area contributed by atoms with E-state index in [0.29, 0.717) is 6.07 Å². The Balaban J connectivity index is 1.87. The zero-order valence-electron chi connectivity index (χ0n) is 14.4. The lowest BCUT2D eigenvalue weighted by Gasteiger charge is -2.12. The molecular formula is C19H13F6N3. The summed E-state index contributed by atoms with van der Waals surface area (Å²) in [6.07, 6.45) is -4.65. The maximum atomic E-state index is 14.5. The molecule has 0 spiro atoms. The molecule has 1 heterocycles. The number of alkyl halides is 3. The second kappa shape index (κ2) is 7.06. The highest BCUT2D eigenvalue weighted by Gasteiger charge is 2.35. The molecule has 0 radical (unpaired) electrons. The quantitative estimate of drug-likeness (QED) is 0.581. The summed E-state index contributed by atoms with van der Waals surface area (Å²) in [5.74, 6) is -2.41. The molecule has 3 nitrogen and oxygen atoms in total. The predicted octanol–water partition coefficient (Wildman–Crippen LogP) is 5.61. The Hall–Kier alpha value is -3.23. The maximum absolute atomic E-state index is 14.5. The molecule has 0 saturated carbocycles. The van der Waals surface area contributed by atoms with E-state index in [1.807, 2.05) is 0 Å². The number of halogens is 6. The van der Waals surface area contributed by atoms with Gasteiger partial charge in [0.2, 0.25) is 0 Å². The van der Waals surface area contributed by atoms with E-state index in [0.717, 1.165) is 22.9 Å². The first kappa shape index (κ1) is 19.5. The second-order valence-corrected chi connectivity index (χ2v) is 5.96. The lowest BCUT2D eigenvalue weighted by atomic mass is 10.1. The van der Waals surface area contributed by atoms with Crippen molar-refractivity contribution in [1.82, 2.24) is 9.78 Å². The Bertz CT molecular complexity index is 1050. The number of rotatable bonds is 4. The SMILES string of the molecule is C=C(Nc1ccc(-c2cc(C(F)(F)F)nn2C)c(F)c1)c1ccc(F)cc1F. The number of nitrogens with one attached hydrogen (secondary N) is 1. The Morgan fingerprint density at radius 1 is 1.00 bits per heavy atom. The van der Waals surface area contributed by atoms with Gasteiger partial charge < -0.3 is 5.32 Å². The molecule has 0 saturated heterocycles. The first-order valence-electron chi connectivity index (χ1n) is 7.89. The van der Waals surface area contributed by atoms with Gasteiger partial charge in [-0.05, 0) is 36.4 Å². The molecule has 2 aromatic carbocycles. The molecule has 0 amide bonds. The van der Waals surface area contributed by atoms with Crippen LogP contribution in [0.2, 0.25) is 0 Å². The number of anilines is 1. The summed E-state index contributed by atoms with van der Waals surface area (Å²) >= 11 is 0. The highest BCUT2D eigenvalue weighted by atomic mass is 19.4. The van der Waals surface area contributed by atoms with E-state index in [4.69, 9.17) is 0 Å². The standard InChI is InChI=1S/C19H13F6N3/c1-10(13-5-3-11(20)7-15(13)21)26-12-4-6-14(16(22)8-12)17-9-18(19(23,24)25)27-28(17)2/h3-9,26H,1H2,2H3. The van der Waals surface area contributed by atoms with E-state index >= 15 is 0 Å². The van der Waals surface area contributed by atoms with Crippen LogP contribution in [0.5, 0.6) is 0 Å². The van der Waals surface area contributed by atoms with Crippen molar-refractivity contribution >= 4 is 11.4 Å². The van der Waals surface area contributed by atoms with Crippen LogP contribution < -0.4 is 5.32 Å². The molecule has 0 aliphatic heterocycles. The molecule has 1 aromatic heterocycles. The third kappa shape index (κ3) is 3.88. The normalized spacial score (nSPS) is 11.5. The van der Waals surface area contributed by atoms with Crippen LogP contribution >= 0.6 is 0 Å². The Kier molecular flexibility index (Phi) is 4.93. The van der Waals surface area contributed by atoms with Crippen molar-refractivity contribution in [2.75, 3.05) is 5.32 Å². The molecule has 28 heavy (non-hydrogen) atoms. The Labute approximate surface area is 155 Å². The summed E-state index contributed by atoms with van der Waals surface area (Å²) in [4.78, 5) is 0. The van der Waals surface area contributed by atoms with Crippen LogP contribution in [0, 0.1) is 17.5 Å². The summed E-state index contributed by atoms with van der Waals surface area (Å²) in [5, 5.41) is 6.03. The van der Waals surface area contributed by atoms with E-state index in [-0.39, 0.29) is 28.2 Å². The molecular weight excluding hydrogens is 384 g/mol. The minimum absolute atomic E-state index is 0.00709. The molecule has 0 aliphatic carbocycles. The summed E-state index contributed by atoms with van der Waals surface area (Å²) < 4.78 is 80.5. The third-order valence-corrected chi connectivity index (χ3v) is 3.97. The predicted molar refractivity (Wildman–Crippen MR) is 92.6 cm³/mol. The van der Waals surface area contributed by atoms with Crippen LogP contribution in [0.25, 0.3) is 17.0 Å². The van der Waals surface area contributed by atoms with Crippen LogP contribution in [-0.4, -0.2) is 9.78 Å². The fraction of sp³-hybridized carbons (Fsp3) is 0.105. The molecule has 3 aromatic rings. The number of nitrogens with zero attached hydrogens (tertiary/aromatic N) is 2. The van der Waals surface area contributed by atoms with Crippen molar-refractivity contribution in [3.8, 4) is 11.3 Å². The van der Waals surface area contributed by atoms with Gasteiger partial charge in [0.25, 0.3) is 0 Å². The zero-order chi connectivity index (χ0) is 20.6. The van der Waals surface area contributed by atoms with Gasteiger partial charge in [0.1, 0.15) is 17.5 Å². The third-order valence-electron chi connectivity index (χ3n) is 3.97. The highest BCUT2D eigenvalue weighted by molar-refractivity contribution is 5.76. The monoisotopic (exact) mass is 397 g/mol. The van der Waals surface area contributed by atoms with Gasteiger partial charge in [-0.15, -0.1) is 0 Å². The second-order valence-electron chi connectivity index (χ2n) is 5.96. The molecule has 0 aliphatic rings. The average Bonchev–Trinajstić information content (AvgIpc) is 2.97.